The van der Waals surface area contributed by atoms with Gasteiger partial charge in [0.2, 0.25) is 0 Å². The summed E-state index contributed by atoms with van der Waals surface area (Å²) in [5, 5.41) is 19.7. The first-order valence-corrected chi connectivity index (χ1v) is 9.05. The van der Waals surface area contributed by atoms with Crippen LogP contribution in [0.4, 0.5) is 0 Å². The van der Waals surface area contributed by atoms with Gasteiger partial charge in [-0.1, -0.05) is 0 Å². The monoisotopic (exact) mass is 364 g/mol. The minimum atomic E-state index is -1.21. The first kappa shape index (κ1) is 18.4. The van der Waals surface area contributed by atoms with E-state index in [1.807, 2.05) is 41.5 Å². The Labute approximate surface area is 149 Å². The highest BCUT2D eigenvalue weighted by Gasteiger charge is 2.30. The van der Waals surface area contributed by atoms with E-state index in [2.05, 4.69) is 0 Å². The van der Waals surface area contributed by atoms with Crippen LogP contribution in [-0.4, -0.2) is 22.2 Å². The zero-order valence-electron chi connectivity index (χ0n) is 14.5. The first-order valence-electron chi connectivity index (χ1n) is 7.42. The van der Waals surface area contributed by atoms with Crippen molar-refractivity contribution in [1.82, 2.24) is 0 Å². The van der Waals surface area contributed by atoms with Crippen LogP contribution in [0.1, 0.15) is 41.8 Å². The molecule has 0 amide bonds. The third-order valence-corrected chi connectivity index (χ3v) is 6.55. The van der Waals surface area contributed by atoms with E-state index in [1.165, 1.54) is 22.7 Å². The molecule has 0 atom stereocenters. The predicted octanol–water partition coefficient (Wildman–Crippen LogP) is 4.74. The van der Waals surface area contributed by atoms with Gasteiger partial charge in [0.05, 0.1) is 11.1 Å². The van der Waals surface area contributed by atoms with Crippen LogP contribution in [0.25, 0.3) is 11.1 Å². The van der Waals surface area contributed by atoms with Crippen molar-refractivity contribution in [1.29, 1.82) is 0 Å². The SMILES string of the molecule is Cc1sc(C)c(/C(C(=O)O)=C(/C(=O)O)c2c(C)sc(C)c2C)c1C. The van der Waals surface area contributed by atoms with Gasteiger partial charge in [-0.15, -0.1) is 22.7 Å². The number of carbonyl (C=O) groups is 2. The van der Waals surface area contributed by atoms with E-state index in [1.54, 1.807) is 0 Å². The fraction of sp³-hybridized carbons (Fsp3) is 0.333. The average molecular weight is 364 g/mol. The Morgan fingerprint density at radius 2 is 0.917 bits per heavy atom. The molecular formula is C18H20O4S2. The lowest BCUT2D eigenvalue weighted by atomic mass is 9.90. The quantitative estimate of drug-likeness (QED) is 0.769. The molecule has 128 valence electrons. The molecule has 0 spiro atoms. The summed E-state index contributed by atoms with van der Waals surface area (Å²) in [6, 6.07) is 0. The fourth-order valence-corrected chi connectivity index (χ4v) is 5.14. The van der Waals surface area contributed by atoms with Crippen LogP contribution < -0.4 is 0 Å². The third kappa shape index (κ3) is 2.91. The highest BCUT2D eigenvalue weighted by atomic mass is 32.1. The molecule has 0 saturated carbocycles. The summed E-state index contributed by atoms with van der Waals surface area (Å²) < 4.78 is 0. The van der Waals surface area contributed by atoms with E-state index in [0.29, 0.717) is 11.1 Å². The summed E-state index contributed by atoms with van der Waals surface area (Å²) in [4.78, 5) is 27.7. The molecule has 2 aromatic heterocycles. The van der Waals surface area contributed by atoms with Crippen molar-refractivity contribution in [3.05, 3.63) is 41.8 Å². The zero-order chi connectivity index (χ0) is 18.3. The van der Waals surface area contributed by atoms with Crippen LogP contribution in [0.15, 0.2) is 0 Å². The van der Waals surface area contributed by atoms with Crippen LogP contribution in [-0.2, 0) is 9.59 Å². The zero-order valence-corrected chi connectivity index (χ0v) is 16.2. The Hall–Kier alpha value is -1.92. The molecule has 0 aromatic carbocycles. The van der Waals surface area contributed by atoms with Gasteiger partial charge in [-0.05, 0) is 52.7 Å². The van der Waals surface area contributed by atoms with Gasteiger partial charge in [0.1, 0.15) is 0 Å². The van der Waals surface area contributed by atoms with Crippen molar-refractivity contribution < 1.29 is 19.8 Å². The lowest BCUT2D eigenvalue weighted by molar-refractivity contribution is -0.132. The standard InChI is InChI=1S/C18H20O4S2/c1-7-9(3)23-11(5)13(7)15(17(19)20)16(18(21)22)14-8(2)10(4)24-12(14)6/h1-6H3,(H,19,20)(H,21,22)/b16-15-. The number of rotatable bonds is 4. The van der Waals surface area contributed by atoms with Gasteiger partial charge in [0.15, 0.2) is 0 Å². The molecule has 0 aliphatic carbocycles. The molecule has 0 radical (unpaired) electrons. The number of carboxylic acid groups (broad SMARTS) is 2. The van der Waals surface area contributed by atoms with E-state index in [-0.39, 0.29) is 11.1 Å². The van der Waals surface area contributed by atoms with Gasteiger partial charge in [0.25, 0.3) is 0 Å². The van der Waals surface area contributed by atoms with E-state index in [0.717, 1.165) is 30.6 Å². The molecule has 4 nitrogen and oxygen atoms in total. The number of aryl methyl sites for hydroxylation is 4. The Morgan fingerprint density at radius 3 is 1.08 bits per heavy atom. The van der Waals surface area contributed by atoms with E-state index in [4.69, 9.17) is 0 Å². The summed E-state index contributed by atoms with van der Waals surface area (Å²) in [7, 11) is 0. The molecule has 2 rings (SSSR count). The van der Waals surface area contributed by atoms with Crippen molar-refractivity contribution in [3.8, 4) is 0 Å². The van der Waals surface area contributed by atoms with Crippen molar-refractivity contribution in [2.24, 2.45) is 0 Å². The normalized spacial score (nSPS) is 12.2. The minimum absolute atomic E-state index is 0.120. The first-order chi connectivity index (χ1) is 11.1. The molecule has 0 aliphatic heterocycles. The van der Waals surface area contributed by atoms with Crippen molar-refractivity contribution in [2.45, 2.75) is 41.5 Å². The molecule has 2 heterocycles. The lowest BCUT2D eigenvalue weighted by Crippen LogP contribution is -2.12. The molecule has 2 N–H and O–H groups in total. The van der Waals surface area contributed by atoms with Gasteiger partial charge in [-0.2, -0.15) is 0 Å². The molecular weight excluding hydrogens is 344 g/mol. The van der Waals surface area contributed by atoms with Crippen LogP contribution in [0.3, 0.4) is 0 Å². The highest BCUT2D eigenvalue weighted by molar-refractivity contribution is 7.12. The maximum Gasteiger partial charge on any atom is 0.337 e. The molecule has 24 heavy (non-hydrogen) atoms. The van der Waals surface area contributed by atoms with Gasteiger partial charge < -0.3 is 10.2 Å². The number of thiophene rings is 2. The third-order valence-electron chi connectivity index (χ3n) is 4.30. The Morgan fingerprint density at radius 1 is 0.625 bits per heavy atom. The smallest absolute Gasteiger partial charge is 0.337 e. The Kier molecular flexibility index (Phi) is 5.01. The average Bonchev–Trinajstić information content (AvgIpc) is 2.85. The fourth-order valence-electron chi connectivity index (χ4n) is 3.00. The Bertz CT molecular complexity index is 809. The molecule has 0 saturated heterocycles. The Balaban J connectivity index is 2.99. The van der Waals surface area contributed by atoms with Crippen LogP contribution in [0.2, 0.25) is 0 Å². The van der Waals surface area contributed by atoms with Crippen LogP contribution >= 0.6 is 22.7 Å². The lowest BCUT2D eigenvalue weighted by Gasteiger charge is -2.12. The summed E-state index contributed by atoms with van der Waals surface area (Å²) in [6.45, 7) is 11.2. The molecule has 0 bridgehead atoms. The predicted molar refractivity (Wildman–Crippen MR) is 99.1 cm³/mol. The summed E-state index contributed by atoms with van der Waals surface area (Å²) in [5.41, 5.74) is 2.48. The second-order valence-electron chi connectivity index (χ2n) is 5.79. The van der Waals surface area contributed by atoms with E-state index < -0.39 is 11.9 Å². The summed E-state index contributed by atoms with van der Waals surface area (Å²) in [5.74, 6) is -2.42. The molecule has 0 aliphatic rings. The summed E-state index contributed by atoms with van der Waals surface area (Å²) >= 11 is 2.98. The van der Waals surface area contributed by atoms with Gasteiger partial charge >= 0.3 is 11.9 Å². The summed E-state index contributed by atoms with van der Waals surface area (Å²) in [6.07, 6.45) is 0. The van der Waals surface area contributed by atoms with Gasteiger partial charge in [-0.3, -0.25) is 0 Å². The largest absolute Gasteiger partial charge is 0.478 e. The van der Waals surface area contributed by atoms with Crippen molar-refractivity contribution in [3.63, 3.8) is 0 Å². The molecule has 0 fully saturated rings. The van der Waals surface area contributed by atoms with E-state index in [9.17, 15) is 19.8 Å². The molecule has 0 unspecified atom stereocenters. The van der Waals surface area contributed by atoms with Crippen LogP contribution in [0, 0.1) is 41.5 Å². The number of aliphatic carboxylic acids is 2. The second kappa shape index (κ2) is 6.53. The molecule has 6 heteroatoms. The van der Waals surface area contributed by atoms with Crippen molar-refractivity contribution in [2.75, 3.05) is 0 Å². The van der Waals surface area contributed by atoms with Gasteiger partial charge in [0, 0.05) is 30.6 Å². The van der Waals surface area contributed by atoms with E-state index >= 15 is 0 Å². The minimum Gasteiger partial charge on any atom is -0.478 e. The van der Waals surface area contributed by atoms with Gasteiger partial charge in [-0.25, -0.2) is 9.59 Å². The molecule has 2 aromatic rings. The van der Waals surface area contributed by atoms with Crippen molar-refractivity contribution >= 4 is 45.8 Å². The number of hydrogen-bond donors (Lipinski definition) is 2. The topological polar surface area (TPSA) is 74.6 Å². The number of carboxylic acids is 2. The second-order valence-corrected chi connectivity index (χ2v) is 8.65. The maximum atomic E-state index is 12.0. The number of hydrogen-bond acceptors (Lipinski definition) is 4. The highest BCUT2D eigenvalue weighted by Crippen LogP contribution is 2.40. The maximum absolute atomic E-state index is 12.0. The van der Waals surface area contributed by atoms with Crippen LogP contribution in [0.5, 0.6) is 0 Å².